The van der Waals surface area contributed by atoms with Crippen LogP contribution in [0, 0.1) is 0 Å². The second-order valence-corrected chi connectivity index (χ2v) is 3.22. The molecule has 0 saturated carbocycles. The van der Waals surface area contributed by atoms with Gasteiger partial charge in [0.25, 0.3) is 0 Å². The third-order valence-corrected chi connectivity index (χ3v) is 1.90. The van der Waals surface area contributed by atoms with Gasteiger partial charge in [-0.05, 0) is 18.6 Å². The van der Waals surface area contributed by atoms with Crippen molar-refractivity contribution in [3.05, 3.63) is 18.2 Å². The standard InChI is InChI=1S/C11H16N2O3/c1-3-6-16-11(14)13-9-5-4-8(12)7-10(9)15-2/h4-5,7H,3,6,12H2,1-2H3,(H,13,14). The molecule has 1 amide bonds. The van der Waals surface area contributed by atoms with Crippen LogP contribution in [0.3, 0.4) is 0 Å². The zero-order valence-electron chi connectivity index (χ0n) is 9.45. The van der Waals surface area contributed by atoms with Gasteiger partial charge in [0, 0.05) is 11.8 Å². The molecule has 1 rings (SSSR count). The quantitative estimate of drug-likeness (QED) is 0.769. The minimum Gasteiger partial charge on any atom is -0.494 e. The van der Waals surface area contributed by atoms with Gasteiger partial charge in [-0.2, -0.15) is 0 Å². The number of nitrogen functional groups attached to an aromatic ring is 1. The number of carbonyl (C=O) groups is 1. The molecule has 1 aromatic carbocycles. The summed E-state index contributed by atoms with van der Waals surface area (Å²) in [6.45, 7) is 2.32. The fourth-order valence-electron chi connectivity index (χ4n) is 1.15. The highest BCUT2D eigenvalue weighted by molar-refractivity contribution is 5.87. The summed E-state index contributed by atoms with van der Waals surface area (Å²) in [5, 5.41) is 2.58. The monoisotopic (exact) mass is 224 g/mol. The highest BCUT2D eigenvalue weighted by Gasteiger charge is 2.07. The minimum absolute atomic E-state index is 0.392. The minimum atomic E-state index is -0.495. The maximum atomic E-state index is 11.3. The fourth-order valence-corrected chi connectivity index (χ4v) is 1.15. The van der Waals surface area contributed by atoms with Crippen LogP contribution in [0.4, 0.5) is 16.2 Å². The fraction of sp³-hybridized carbons (Fsp3) is 0.364. The van der Waals surface area contributed by atoms with Crippen molar-refractivity contribution in [3.63, 3.8) is 0 Å². The summed E-state index contributed by atoms with van der Waals surface area (Å²) in [6, 6.07) is 4.98. The topological polar surface area (TPSA) is 73.6 Å². The molecule has 5 heteroatoms. The molecule has 0 saturated heterocycles. The van der Waals surface area contributed by atoms with Gasteiger partial charge >= 0.3 is 6.09 Å². The number of amides is 1. The number of nitrogens with one attached hydrogen (secondary N) is 1. The SMILES string of the molecule is CCCOC(=O)Nc1ccc(N)cc1OC. The molecule has 0 aromatic heterocycles. The molecule has 3 N–H and O–H groups in total. The maximum Gasteiger partial charge on any atom is 0.411 e. The van der Waals surface area contributed by atoms with Gasteiger partial charge in [0.2, 0.25) is 0 Å². The van der Waals surface area contributed by atoms with Crippen molar-refractivity contribution < 1.29 is 14.3 Å². The van der Waals surface area contributed by atoms with Crippen molar-refractivity contribution in [2.24, 2.45) is 0 Å². The van der Waals surface area contributed by atoms with E-state index in [1.807, 2.05) is 6.92 Å². The number of hydrogen-bond acceptors (Lipinski definition) is 4. The van der Waals surface area contributed by atoms with Crippen LogP contribution in [-0.4, -0.2) is 19.8 Å². The van der Waals surface area contributed by atoms with Crippen LogP contribution in [-0.2, 0) is 4.74 Å². The van der Waals surface area contributed by atoms with Crippen molar-refractivity contribution in [2.75, 3.05) is 24.8 Å². The van der Waals surface area contributed by atoms with Crippen molar-refractivity contribution in [1.29, 1.82) is 0 Å². The first-order chi connectivity index (χ1) is 7.67. The van der Waals surface area contributed by atoms with Crippen LogP contribution in [0.5, 0.6) is 5.75 Å². The molecular weight excluding hydrogens is 208 g/mol. The van der Waals surface area contributed by atoms with E-state index in [1.165, 1.54) is 7.11 Å². The summed E-state index contributed by atoms with van der Waals surface area (Å²) in [7, 11) is 1.51. The lowest BCUT2D eigenvalue weighted by Crippen LogP contribution is -2.14. The molecule has 88 valence electrons. The summed E-state index contributed by atoms with van der Waals surface area (Å²) in [5.74, 6) is 0.508. The Hall–Kier alpha value is -1.91. The lowest BCUT2D eigenvalue weighted by Gasteiger charge is -2.10. The van der Waals surface area contributed by atoms with Gasteiger partial charge in [0.05, 0.1) is 19.4 Å². The van der Waals surface area contributed by atoms with Crippen LogP contribution >= 0.6 is 0 Å². The molecule has 0 radical (unpaired) electrons. The number of nitrogens with two attached hydrogens (primary N) is 1. The second-order valence-electron chi connectivity index (χ2n) is 3.22. The van der Waals surface area contributed by atoms with E-state index in [2.05, 4.69) is 5.32 Å². The van der Waals surface area contributed by atoms with E-state index in [0.717, 1.165) is 6.42 Å². The number of benzene rings is 1. The zero-order chi connectivity index (χ0) is 12.0. The molecule has 0 heterocycles. The van der Waals surface area contributed by atoms with Gasteiger partial charge in [0.1, 0.15) is 5.75 Å². The zero-order valence-corrected chi connectivity index (χ0v) is 9.45. The second kappa shape index (κ2) is 5.85. The van der Waals surface area contributed by atoms with Gasteiger partial charge in [-0.15, -0.1) is 0 Å². The largest absolute Gasteiger partial charge is 0.494 e. The van der Waals surface area contributed by atoms with Gasteiger partial charge in [-0.25, -0.2) is 4.79 Å². The van der Waals surface area contributed by atoms with Gasteiger partial charge in [-0.3, -0.25) is 5.32 Å². The van der Waals surface area contributed by atoms with E-state index in [4.69, 9.17) is 15.2 Å². The Morgan fingerprint density at radius 2 is 2.25 bits per heavy atom. The molecular formula is C11H16N2O3. The number of ether oxygens (including phenoxy) is 2. The lowest BCUT2D eigenvalue weighted by molar-refractivity contribution is 0.161. The smallest absolute Gasteiger partial charge is 0.411 e. The average Bonchev–Trinajstić information content (AvgIpc) is 2.28. The lowest BCUT2D eigenvalue weighted by atomic mass is 10.2. The Bertz CT molecular complexity index is 366. The van der Waals surface area contributed by atoms with Crippen molar-refractivity contribution in [1.82, 2.24) is 0 Å². The van der Waals surface area contributed by atoms with Crippen LogP contribution in [0.2, 0.25) is 0 Å². The van der Waals surface area contributed by atoms with Crippen molar-refractivity contribution in [2.45, 2.75) is 13.3 Å². The highest BCUT2D eigenvalue weighted by Crippen LogP contribution is 2.26. The van der Waals surface area contributed by atoms with E-state index in [9.17, 15) is 4.79 Å². The summed E-state index contributed by atoms with van der Waals surface area (Å²) >= 11 is 0. The summed E-state index contributed by atoms with van der Waals surface area (Å²) in [6.07, 6.45) is 0.289. The third-order valence-electron chi connectivity index (χ3n) is 1.90. The Kier molecular flexibility index (Phi) is 4.44. The van der Waals surface area contributed by atoms with Gasteiger partial charge < -0.3 is 15.2 Å². The summed E-state index contributed by atoms with van der Waals surface area (Å²) < 4.78 is 9.97. The average molecular weight is 224 g/mol. The predicted molar refractivity (Wildman–Crippen MR) is 62.7 cm³/mol. The predicted octanol–water partition coefficient (Wildman–Crippen LogP) is 2.24. The maximum absolute atomic E-state index is 11.3. The van der Waals surface area contributed by atoms with E-state index >= 15 is 0 Å². The molecule has 0 aliphatic heterocycles. The van der Waals surface area contributed by atoms with Crippen LogP contribution in [0.25, 0.3) is 0 Å². The van der Waals surface area contributed by atoms with Crippen molar-refractivity contribution >= 4 is 17.5 Å². The Morgan fingerprint density at radius 1 is 1.50 bits per heavy atom. The van der Waals surface area contributed by atoms with E-state index in [-0.39, 0.29) is 0 Å². The molecule has 5 nitrogen and oxygen atoms in total. The van der Waals surface area contributed by atoms with E-state index < -0.39 is 6.09 Å². The number of carbonyl (C=O) groups excluding carboxylic acids is 1. The first kappa shape index (κ1) is 12.2. The highest BCUT2D eigenvalue weighted by atomic mass is 16.5. The molecule has 1 aromatic rings. The van der Waals surface area contributed by atoms with Gasteiger partial charge in [0.15, 0.2) is 0 Å². The van der Waals surface area contributed by atoms with Crippen molar-refractivity contribution in [3.8, 4) is 5.75 Å². The first-order valence-electron chi connectivity index (χ1n) is 5.04. The number of rotatable bonds is 4. The van der Waals surface area contributed by atoms with Crippen LogP contribution in [0.15, 0.2) is 18.2 Å². The third kappa shape index (κ3) is 3.34. The Morgan fingerprint density at radius 3 is 2.88 bits per heavy atom. The number of methoxy groups -OCH3 is 1. The molecule has 0 atom stereocenters. The van der Waals surface area contributed by atoms with Crippen LogP contribution in [0.1, 0.15) is 13.3 Å². The molecule has 0 fully saturated rings. The molecule has 0 bridgehead atoms. The molecule has 0 aliphatic carbocycles. The Labute approximate surface area is 94.5 Å². The number of hydrogen-bond donors (Lipinski definition) is 2. The number of anilines is 2. The van der Waals surface area contributed by atoms with Crippen LogP contribution < -0.4 is 15.8 Å². The molecule has 0 aliphatic rings. The normalized spacial score (nSPS) is 9.62. The Balaban J connectivity index is 2.69. The van der Waals surface area contributed by atoms with E-state index in [0.29, 0.717) is 23.7 Å². The summed E-state index contributed by atoms with van der Waals surface area (Å²) in [4.78, 5) is 11.3. The van der Waals surface area contributed by atoms with E-state index in [1.54, 1.807) is 18.2 Å². The van der Waals surface area contributed by atoms with Gasteiger partial charge in [-0.1, -0.05) is 6.92 Å². The molecule has 0 spiro atoms. The summed E-state index contributed by atoms with van der Waals surface area (Å²) in [5.41, 5.74) is 6.70. The first-order valence-corrected chi connectivity index (χ1v) is 5.04. The molecule has 0 unspecified atom stereocenters. The molecule has 16 heavy (non-hydrogen) atoms.